The predicted molar refractivity (Wildman–Crippen MR) is 74.6 cm³/mol. The van der Waals surface area contributed by atoms with Crippen LogP contribution in [0, 0.1) is 23.7 Å². The van der Waals surface area contributed by atoms with Gasteiger partial charge in [-0.25, -0.2) is 0 Å². The Labute approximate surface area is 112 Å². The fraction of sp³-hybridized carbons (Fsp3) is 1.00. The molecule has 106 valence electrons. The molecule has 0 aromatic rings. The van der Waals surface area contributed by atoms with Crippen LogP contribution in [0.15, 0.2) is 0 Å². The second kappa shape index (κ2) is 6.38. The van der Waals surface area contributed by atoms with Gasteiger partial charge in [-0.3, -0.25) is 0 Å². The standard InChI is InChI=1S/C16H30O2/c1-11-13(7-5-9-15(11)17-3)14-8-6-10-16(18-4)12(14)2/h11-16H,5-10H2,1-4H3. The summed E-state index contributed by atoms with van der Waals surface area (Å²) in [6, 6.07) is 0. The molecule has 0 N–H and O–H groups in total. The molecule has 2 heteroatoms. The molecule has 2 aliphatic rings. The summed E-state index contributed by atoms with van der Waals surface area (Å²) < 4.78 is 11.4. The maximum Gasteiger partial charge on any atom is 0.0599 e. The van der Waals surface area contributed by atoms with E-state index in [2.05, 4.69) is 13.8 Å². The molecular formula is C16H30O2. The Morgan fingerprint density at radius 1 is 0.667 bits per heavy atom. The Balaban J connectivity index is 2.04. The van der Waals surface area contributed by atoms with Crippen molar-refractivity contribution in [2.24, 2.45) is 23.7 Å². The molecule has 0 aromatic carbocycles. The van der Waals surface area contributed by atoms with Gasteiger partial charge in [0.05, 0.1) is 12.2 Å². The number of ether oxygens (including phenoxy) is 2. The maximum atomic E-state index is 5.68. The molecule has 0 bridgehead atoms. The van der Waals surface area contributed by atoms with E-state index in [1.807, 2.05) is 14.2 Å². The van der Waals surface area contributed by atoms with Gasteiger partial charge >= 0.3 is 0 Å². The van der Waals surface area contributed by atoms with Gasteiger partial charge in [0.25, 0.3) is 0 Å². The third kappa shape index (κ3) is 2.75. The molecule has 6 unspecified atom stereocenters. The molecule has 18 heavy (non-hydrogen) atoms. The van der Waals surface area contributed by atoms with Gasteiger partial charge in [0, 0.05) is 14.2 Å². The van der Waals surface area contributed by atoms with Crippen LogP contribution in [0.3, 0.4) is 0 Å². The van der Waals surface area contributed by atoms with E-state index in [1.165, 1.54) is 38.5 Å². The lowest BCUT2D eigenvalue weighted by molar-refractivity contribution is -0.0601. The highest BCUT2D eigenvalue weighted by Crippen LogP contribution is 2.45. The van der Waals surface area contributed by atoms with Crippen LogP contribution in [-0.2, 0) is 9.47 Å². The Bertz CT molecular complexity index is 227. The minimum Gasteiger partial charge on any atom is -0.381 e. The SMILES string of the molecule is COC1CCCC(C2CCCC(OC)C2C)C1C. The molecule has 0 aliphatic heterocycles. The molecule has 0 saturated heterocycles. The quantitative estimate of drug-likeness (QED) is 0.760. The van der Waals surface area contributed by atoms with Gasteiger partial charge in [0.1, 0.15) is 0 Å². The Hall–Kier alpha value is -0.0800. The average molecular weight is 254 g/mol. The summed E-state index contributed by atoms with van der Waals surface area (Å²) in [6.45, 7) is 4.81. The van der Waals surface area contributed by atoms with Gasteiger partial charge in [-0.15, -0.1) is 0 Å². The summed E-state index contributed by atoms with van der Waals surface area (Å²) >= 11 is 0. The summed E-state index contributed by atoms with van der Waals surface area (Å²) in [7, 11) is 3.76. The van der Waals surface area contributed by atoms with Gasteiger partial charge in [-0.05, 0) is 49.4 Å². The predicted octanol–water partition coefficient (Wildman–Crippen LogP) is 3.89. The van der Waals surface area contributed by atoms with E-state index >= 15 is 0 Å². The Morgan fingerprint density at radius 3 is 1.39 bits per heavy atom. The van der Waals surface area contributed by atoms with Crippen LogP contribution < -0.4 is 0 Å². The number of methoxy groups -OCH3 is 2. The summed E-state index contributed by atoms with van der Waals surface area (Å²) in [4.78, 5) is 0. The van der Waals surface area contributed by atoms with E-state index in [0.717, 1.165) is 11.8 Å². The monoisotopic (exact) mass is 254 g/mol. The van der Waals surface area contributed by atoms with Gasteiger partial charge in [-0.2, -0.15) is 0 Å². The lowest BCUT2D eigenvalue weighted by atomic mass is 9.63. The zero-order valence-electron chi connectivity index (χ0n) is 12.5. The molecule has 2 fully saturated rings. The number of hydrogen-bond donors (Lipinski definition) is 0. The topological polar surface area (TPSA) is 18.5 Å². The lowest BCUT2D eigenvalue weighted by Crippen LogP contribution is -2.42. The van der Waals surface area contributed by atoms with Crippen molar-refractivity contribution in [1.29, 1.82) is 0 Å². The zero-order valence-corrected chi connectivity index (χ0v) is 12.5. The van der Waals surface area contributed by atoms with E-state index in [-0.39, 0.29) is 0 Å². The molecule has 2 aliphatic carbocycles. The highest BCUT2D eigenvalue weighted by atomic mass is 16.5. The average Bonchev–Trinajstić information content (AvgIpc) is 2.40. The second-order valence-electron chi connectivity index (χ2n) is 6.46. The van der Waals surface area contributed by atoms with E-state index in [4.69, 9.17) is 9.47 Å². The van der Waals surface area contributed by atoms with Crippen molar-refractivity contribution in [2.45, 2.75) is 64.6 Å². The van der Waals surface area contributed by atoms with Crippen LogP contribution >= 0.6 is 0 Å². The normalized spacial score (nSPS) is 46.0. The summed E-state index contributed by atoms with van der Waals surface area (Å²) in [6.07, 6.45) is 8.95. The molecular weight excluding hydrogens is 224 g/mol. The minimum absolute atomic E-state index is 0.485. The molecule has 2 saturated carbocycles. The molecule has 6 atom stereocenters. The van der Waals surface area contributed by atoms with E-state index in [1.54, 1.807) is 0 Å². The number of rotatable bonds is 3. The summed E-state index contributed by atoms with van der Waals surface area (Å²) in [5.74, 6) is 3.12. The third-order valence-electron chi connectivity index (χ3n) is 5.73. The first-order valence-corrected chi connectivity index (χ1v) is 7.74. The molecule has 0 amide bonds. The van der Waals surface area contributed by atoms with E-state index in [9.17, 15) is 0 Å². The molecule has 2 rings (SSSR count). The van der Waals surface area contributed by atoms with Crippen molar-refractivity contribution in [3.8, 4) is 0 Å². The summed E-state index contributed by atoms with van der Waals surface area (Å²) in [5, 5.41) is 0. The van der Waals surface area contributed by atoms with Crippen LogP contribution in [0.2, 0.25) is 0 Å². The van der Waals surface area contributed by atoms with Crippen LogP contribution in [0.5, 0.6) is 0 Å². The Kier molecular flexibility index (Phi) is 5.08. The minimum atomic E-state index is 0.485. The van der Waals surface area contributed by atoms with Crippen molar-refractivity contribution in [2.75, 3.05) is 14.2 Å². The smallest absolute Gasteiger partial charge is 0.0599 e. The van der Waals surface area contributed by atoms with Crippen molar-refractivity contribution < 1.29 is 9.47 Å². The second-order valence-corrected chi connectivity index (χ2v) is 6.46. The molecule has 2 nitrogen and oxygen atoms in total. The Morgan fingerprint density at radius 2 is 1.06 bits per heavy atom. The zero-order chi connectivity index (χ0) is 13.1. The van der Waals surface area contributed by atoms with E-state index in [0.29, 0.717) is 24.0 Å². The van der Waals surface area contributed by atoms with E-state index < -0.39 is 0 Å². The van der Waals surface area contributed by atoms with Crippen molar-refractivity contribution in [3.05, 3.63) is 0 Å². The van der Waals surface area contributed by atoms with Gasteiger partial charge in [0.2, 0.25) is 0 Å². The fourth-order valence-corrected chi connectivity index (χ4v) is 4.59. The largest absolute Gasteiger partial charge is 0.381 e. The summed E-state index contributed by atoms with van der Waals surface area (Å²) in [5.41, 5.74) is 0. The lowest BCUT2D eigenvalue weighted by Gasteiger charge is -2.45. The maximum absolute atomic E-state index is 5.68. The van der Waals surface area contributed by atoms with Gasteiger partial charge in [0.15, 0.2) is 0 Å². The number of hydrogen-bond acceptors (Lipinski definition) is 2. The molecule has 0 spiro atoms. The first-order valence-electron chi connectivity index (χ1n) is 7.74. The molecule has 0 aromatic heterocycles. The highest BCUT2D eigenvalue weighted by molar-refractivity contribution is 4.90. The first-order chi connectivity index (χ1) is 8.69. The van der Waals surface area contributed by atoms with Crippen LogP contribution in [-0.4, -0.2) is 26.4 Å². The molecule has 0 radical (unpaired) electrons. The van der Waals surface area contributed by atoms with Crippen molar-refractivity contribution >= 4 is 0 Å². The molecule has 0 heterocycles. The third-order valence-corrected chi connectivity index (χ3v) is 5.73. The first kappa shape index (κ1) is 14.3. The van der Waals surface area contributed by atoms with Gasteiger partial charge in [-0.1, -0.05) is 26.7 Å². The van der Waals surface area contributed by atoms with Crippen molar-refractivity contribution in [3.63, 3.8) is 0 Å². The van der Waals surface area contributed by atoms with Crippen LogP contribution in [0.4, 0.5) is 0 Å². The van der Waals surface area contributed by atoms with Crippen LogP contribution in [0.1, 0.15) is 52.4 Å². The van der Waals surface area contributed by atoms with Gasteiger partial charge < -0.3 is 9.47 Å². The van der Waals surface area contributed by atoms with Crippen LogP contribution in [0.25, 0.3) is 0 Å². The highest BCUT2D eigenvalue weighted by Gasteiger charge is 2.40. The van der Waals surface area contributed by atoms with Crippen molar-refractivity contribution in [1.82, 2.24) is 0 Å². The fourth-order valence-electron chi connectivity index (χ4n) is 4.59.